The molecule has 1 heterocycles. The van der Waals surface area contributed by atoms with E-state index in [0.29, 0.717) is 23.9 Å². The van der Waals surface area contributed by atoms with Crippen LogP contribution in [0.2, 0.25) is 0 Å². The molecule has 17 heavy (non-hydrogen) atoms. The maximum atomic E-state index is 8.74. The van der Waals surface area contributed by atoms with Gasteiger partial charge in [-0.05, 0) is 47.7 Å². The van der Waals surface area contributed by atoms with Gasteiger partial charge in [0.25, 0.3) is 0 Å². The van der Waals surface area contributed by atoms with E-state index in [-0.39, 0.29) is 0 Å². The Kier molecular flexibility index (Phi) is 4.11. The number of hydrogen-bond acceptors (Lipinski definition) is 3. The molecule has 2 aliphatic rings. The van der Waals surface area contributed by atoms with E-state index >= 15 is 0 Å². The van der Waals surface area contributed by atoms with E-state index in [1.807, 2.05) is 0 Å². The van der Waals surface area contributed by atoms with Gasteiger partial charge in [0.15, 0.2) is 0 Å². The van der Waals surface area contributed by atoms with Crippen molar-refractivity contribution in [1.82, 2.24) is 0 Å². The van der Waals surface area contributed by atoms with Crippen molar-refractivity contribution in [2.24, 2.45) is 29.1 Å². The standard InChI is InChI=1S/C14H26O2S/c1-9-7-11(8-16-15)10(2)12-13(9)17-6-5-14(12,3)4/h9-13,15H,5-8H2,1-4H3. The van der Waals surface area contributed by atoms with Gasteiger partial charge in [0, 0.05) is 5.25 Å². The zero-order valence-electron chi connectivity index (χ0n) is 11.5. The summed E-state index contributed by atoms with van der Waals surface area (Å²) in [5, 5.41) is 9.55. The molecule has 1 N–H and O–H groups in total. The van der Waals surface area contributed by atoms with Gasteiger partial charge in [-0.3, -0.25) is 5.26 Å². The summed E-state index contributed by atoms with van der Waals surface area (Å²) < 4.78 is 0. The number of fused-ring (bicyclic) bond motifs is 1. The van der Waals surface area contributed by atoms with Crippen LogP contribution in [0, 0.1) is 29.1 Å². The Balaban J connectivity index is 2.20. The van der Waals surface area contributed by atoms with Crippen LogP contribution in [0.15, 0.2) is 0 Å². The number of hydrogen-bond donors (Lipinski definition) is 1. The molecule has 0 bridgehead atoms. The first kappa shape index (κ1) is 13.7. The van der Waals surface area contributed by atoms with Crippen LogP contribution in [-0.4, -0.2) is 22.9 Å². The van der Waals surface area contributed by atoms with Crippen LogP contribution in [0.1, 0.15) is 40.5 Å². The second kappa shape index (κ2) is 5.10. The highest BCUT2D eigenvalue weighted by atomic mass is 32.2. The Labute approximate surface area is 109 Å². The van der Waals surface area contributed by atoms with Crippen molar-refractivity contribution in [3.63, 3.8) is 0 Å². The zero-order chi connectivity index (χ0) is 12.6. The highest BCUT2D eigenvalue weighted by Crippen LogP contribution is 2.55. The van der Waals surface area contributed by atoms with Crippen molar-refractivity contribution in [3.05, 3.63) is 0 Å². The molecule has 1 aliphatic heterocycles. The monoisotopic (exact) mass is 258 g/mol. The van der Waals surface area contributed by atoms with Crippen molar-refractivity contribution < 1.29 is 10.1 Å². The molecule has 0 aromatic carbocycles. The van der Waals surface area contributed by atoms with Crippen LogP contribution in [-0.2, 0) is 4.89 Å². The minimum Gasteiger partial charge on any atom is -0.252 e. The summed E-state index contributed by atoms with van der Waals surface area (Å²) in [4.78, 5) is 4.44. The lowest BCUT2D eigenvalue weighted by molar-refractivity contribution is -0.258. The molecule has 1 saturated carbocycles. The molecule has 0 spiro atoms. The molecule has 5 unspecified atom stereocenters. The van der Waals surface area contributed by atoms with E-state index in [0.717, 1.165) is 17.1 Å². The quantitative estimate of drug-likeness (QED) is 0.601. The smallest absolute Gasteiger partial charge is 0.0850 e. The Hall–Kier alpha value is 0.270. The Bertz CT molecular complexity index is 267. The molecule has 0 amide bonds. The van der Waals surface area contributed by atoms with Gasteiger partial charge in [-0.2, -0.15) is 11.8 Å². The maximum Gasteiger partial charge on any atom is 0.0850 e. The van der Waals surface area contributed by atoms with Crippen molar-refractivity contribution in [2.45, 2.75) is 45.8 Å². The Morgan fingerprint density at radius 1 is 1.35 bits per heavy atom. The average Bonchev–Trinajstić information content (AvgIpc) is 2.24. The fourth-order valence-electron chi connectivity index (χ4n) is 4.14. The first-order valence-corrected chi connectivity index (χ1v) is 7.90. The molecule has 1 saturated heterocycles. The van der Waals surface area contributed by atoms with Crippen molar-refractivity contribution in [2.75, 3.05) is 12.4 Å². The first-order valence-electron chi connectivity index (χ1n) is 6.85. The molecule has 2 nitrogen and oxygen atoms in total. The molecule has 0 aromatic rings. The summed E-state index contributed by atoms with van der Waals surface area (Å²) in [6.45, 7) is 10.1. The topological polar surface area (TPSA) is 29.5 Å². The van der Waals surface area contributed by atoms with E-state index in [2.05, 4.69) is 44.3 Å². The van der Waals surface area contributed by atoms with Gasteiger partial charge < -0.3 is 0 Å². The third-order valence-corrected chi connectivity index (χ3v) is 6.73. The minimum absolute atomic E-state index is 0.442. The second-order valence-electron chi connectivity index (χ2n) is 6.73. The van der Waals surface area contributed by atoms with Crippen molar-refractivity contribution >= 4 is 11.8 Å². The maximum absolute atomic E-state index is 8.74. The van der Waals surface area contributed by atoms with Crippen LogP contribution in [0.4, 0.5) is 0 Å². The molecule has 100 valence electrons. The van der Waals surface area contributed by atoms with Gasteiger partial charge in [0.05, 0.1) is 6.61 Å². The molecule has 2 rings (SSSR count). The highest BCUT2D eigenvalue weighted by Gasteiger charge is 2.49. The normalized spacial score (nSPS) is 45.4. The van der Waals surface area contributed by atoms with E-state index < -0.39 is 0 Å². The van der Waals surface area contributed by atoms with E-state index in [9.17, 15) is 0 Å². The summed E-state index contributed by atoms with van der Waals surface area (Å²) in [5.41, 5.74) is 0.442. The van der Waals surface area contributed by atoms with Gasteiger partial charge in [-0.15, -0.1) is 0 Å². The van der Waals surface area contributed by atoms with Crippen molar-refractivity contribution in [3.8, 4) is 0 Å². The number of rotatable bonds is 2. The lowest BCUT2D eigenvalue weighted by Crippen LogP contribution is -2.50. The molecular formula is C14H26O2S. The van der Waals surface area contributed by atoms with E-state index in [4.69, 9.17) is 5.26 Å². The molecular weight excluding hydrogens is 232 g/mol. The van der Waals surface area contributed by atoms with Crippen LogP contribution < -0.4 is 0 Å². The van der Waals surface area contributed by atoms with Crippen LogP contribution in [0.5, 0.6) is 0 Å². The van der Waals surface area contributed by atoms with Crippen LogP contribution in [0.3, 0.4) is 0 Å². The van der Waals surface area contributed by atoms with E-state index in [1.165, 1.54) is 18.6 Å². The predicted octanol–water partition coefficient (Wildman–Crippen LogP) is 3.92. The van der Waals surface area contributed by atoms with Crippen LogP contribution >= 0.6 is 11.8 Å². The summed E-state index contributed by atoms with van der Waals surface area (Å²) in [5.74, 6) is 4.01. The highest BCUT2D eigenvalue weighted by molar-refractivity contribution is 8.00. The lowest BCUT2D eigenvalue weighted by atomic mass is 9.59. The molecule has 3 heteroatoms. The van der Waals surface area contributed by atoms with Gasteiger partial charge in [0.2, 0.25) is 0 Å². The fraction of sp³-hybridized carbons (Fsp3) is 1.00. The molecule has 0 aromatic heterocycles. The second-order valence-corrected chi connectivity index (χ2v) is 8.01. The van der Waals surface area contributed by atoms with E-state index in [1.54, 1.807) is 0 Å². The average molecular weight is 258 g/mol. The predicted molar refractivity (Wildman–Crippen MR) is 73.1 cm³/mol. The van der Waals surface area contributed by atoms with Crippen LogP contribution in [0.25, 0.3) is 0 Å². The van der Waals surface area contributed by atoms with Gasteiger partial charge in [-0.25, -0.2) is 4.89 Å². The largest absolute Gasteiger partial charge is 0.252 e. The van der Waals surface area contributed by atoms with Gasteiger partial charge in [0.1, 0.15) is 0 Å². The molecule has 2 fully saturated rings. The van der Waals surface area contributed by atoms with Gasteiger partial charge in [-0.1, -0.05) is 27.7 Å². The lowest BCUT2D eigenvalue weighted by Gasteiger charge is -2.54. The first-order chi connectivity index (χ1) is 7.97. The number of thioether (sulfide) groups is 1. The third kappa shape index (κ3) is 2.52. The molecule has 5 atom stereocenters. The third-order valence-electron chi connectivity index (χ3n) is 5.15. The Morgan fingerprint density at radius 3 is 2.71 bits per heavy atom. The Morgan fingerprint density at radius 2 is 2.06 bits per heavy atom. The fourth-order valence-corrected chi connectivity index (χ4v) is 6.32. The minimum atomic E-state index is 0.442. The molecule has 1 aliphatic carbocycles. The summed E-state index contributed by atoms with van der Waals surface area (Å²) in [7, 11) is 0. The summed E-state index contributed by atoms with van der Waals surface area (Å²) in [6, 6.07) is 0. The summed E-state index contributed by atoms with van der Waals surface area (Å²) in [6.07, 6.45) is 2.52. The van der Waals surface area contributed by atoms with Gasteiger partial charge >= 0.3 is 0 Å². The molecule has 0 radical (unpaired) electrons. The zero-order valence-corrected chi connectivity index (χ0v) is 12.3. The SMILES string of the molecule is CC1CC(COO)C(C)C2C1SCCC2(C)C. The summed E-state index contributed by atoms with van der Waals surface area (Å²) >= 11 is 2.18. The van der Waals surface area contributed by atoms with Crippen molar-refractivity contribution in [1.29, 1.82) is 0 Å².